The largest absolute Gasteiger partial charge is 0.460 e. The Kier molecular flexibility index (Phi) is 5.75. The number of hydrogen-bond acceptors (Lipinski definition) is 5. The number of esters is 2. The fourth-order valence-corrected chi connectivity index (χ4v) is 5.97. The first-order chi connectivity index (χ1) is 12.4. The van der Waals surface area contributed by atoms with Crippen LogP contribution in [0.3, 0.4) is 0 Å². The molecule has 0 spiro atoms. The van der Waals surface area contributed by atoms with Crippen LogP contribution in [0.4, 0.5) is 0 Å². The molecule has 0 amide bonds. The molecule has 3 saturated carbocycles. The van der Waals surface area contributed by atoms with E-state index in [4.69, 9.17) is 9.47 Å². The monoisotopic (exact) mass is 364 g/mol. The number of hydrogen-bond donors (Lipinski definition) is 1. The van der Waals surface area contributed by atoms with Gasteiger partial charge in [0.05, 0.1) is 6.10 Å². The van der Waals surface area contributed by atoms with Crippen molar-refractivity contribution in [3.05, 3.63) is 12.7 Å². The minimum atomic E-state index is -0.496. The smallest absolute Gasteiger partial charge is 0.344 e. The molecule has 0 aromatic carbocycles. The van der Waals surface area contributed by atoms with E-state index >= 15 is 0 Å². The summed E-state index contributed by atoms with van der Waals surface area (Å²) in [6.07, 6.45) is 8.51. The summed E-state index contributed by atoms with van der Waals surface area (Å²) in [5, 5.41) is 10.8. The van der Waals surface area contributed by atoms with E-state index in [9.17, 15) is 14.7 Å². The molecule has 0 aromatic heterocycles. The van der Waals surface area contributed by atoms with Gasteiger partial charge in [-0.2, -0.15) is 0 Å². The van der Waals surface area contributed by atoms with Gasteiger partial charge in [0.25, 0.3) is 0 Å². The molecule has 2 bridgehead atoms. The molecule has 0 aromatic rings. The lowest BCUT2D eigenvalue weighted by molar-refractivity contribution is -0.173. The summed E-state index contributed by atoms with van der Waals surface area (Å²) in [6, 6.07) is 0. The number of carbonyl (C=O) groups excluding carboxylic acids is 2. The van der Waals surface area contributed by atoms with Crippen molar-refractivity contribution in [2.75, 3.05) is 6.61 Å². The van der Waals surface area contributed by atoms with Gasteiger partial charge in [-0.1, -0.05) is 13.0 Å². The molecule has 3 aliphatic carbocycles. The van der Waals surface area contributed by atoms with Crippen LogP contribution in [0, 0.1) is 29.1 Å². The van der Waals surface area contributed by atoms with Gasteiger partial charge in [-0.25, -0.2) is 4.79 Å². The predicted octanol–water partition coefficient (Wildman–Crippen LogP) is 3.25. The van der Waals surface area contributed by atoms with Crippen LogP contribution in [0.5, 0.6) is 0 Å². The van der Waals surface area contributed by atoms with Crippen LogP contribution < -0.4 is 0 Å². The molecule has 5 heteroatoms. The van der Waals surface area contributed by atoms with Gasteiger partial charge in [0.1, 0.15) is 6.10 Å². The Hall–Kier alpha value is -1.36. The highest BCUT2D eigenvalue weighted by atomic mass is 16.6. The minimum absolute atomic E-state index is 0.158. The Bertz CT molecular complexity index is 559. The van der Waals surface area contributed by atoms with Crippen LogP contribution in [-0.2, 0) is 19.1 Å². The second-order valence-corrected chi connectivity index (χ2v) is 8.67. The minimum Gasteiger partial charge on any atom is -0.460 e. The first-order valence-corrected chi connectivity index (χ1v) is 10.00. The Balaban J connectivity index is 1.85. The number of ether oxygens (including phenoxy) is 2. The Labute approximate surface area is 156 Å². The molecular weight excluding hydrogens is 332 g/mol. The van der Waals surface area contributed by atoms with Crippen LogP contribution >= 0.6 is 0 Å². The van der Waals surface area contributed by atoms with Crippen molar-refractivity contribution in [2.45, 2.75) is 71.0 Å². The van der Waals surface area contributed by atoms with Gasteiger partial charge in [-0.3, -0.25) is 4.79 Å². The molecule has 5 nitrogen and oxygen atoms in total. The average molecular weight is 364 g/mol. The zero-order chi connectivity index (χ0) is 18.9. The number of aliphatic hydroxyl groups excluding tert-OH is 1. The SMILES string of the molecule is C=CC1CC[C@@]23CC[C@@H](C)[C@H]([C@@H]2[C@@H](O)CC3)[C@@H](OC(=O)COC(C)=O)C1. The zero-order valence-electron chi connectivity index (χ0n) is 16.0. The van der Waals surface area contributed by atoms with Gasteiger partial charge < -0.3 is 14.6 Å². The summed E-state index contributed by atoms with van der Waals surface area (Å²) >= 11 is 0. The van der Waals surface area contributed by atoms with Gasteiger partial charge in [0, 0.05) is 12.8 Å². The van der Waals surface area contributed by atoms with E-state index in [0.29, 0.717) is 11.8 Å². The Morgan fingerprint density at radius 3 is 2.62 bits per heavy atom. The van der Waals surface area contributed by atoms with E-state index in [1.165, 1.54) is 6.92 Å². The normalized spacial score (nSPS) is 42.1. The predicted molar refractivity (Wildman–Crippen MR) is 97.1 cm³/mol. The number of rotatable bonds is 4. The summed E-state index contributed by atoms with van der Waals surface area (Å²) in [7, 11) is 0. The standard InChI is InChI=1S/C21H32O5/c1-4-15-6-9-21-8-5-13(2)19(20(21)16(23)7-10-21)17(11-15)26-18(24)12-25-14(3)22/h4,13,15-17,19-20,23H,1,5-12H2,2-3H3/t13-,15?,16+,17+,19+,20+,21-/m1/s1. The van der Waals surface area contributed by atoms with E-state index in [1.54, 1.807) is 0 Å². The zero-order valence-corrected chi connectivity index (χ0v) is 16.0. The first kappa shape index (κ1) is 19.4. The van der Waals surface area contributed by atoms with Crippen LogP contribution in [-0.4, -0.2) is 35.9 Å². The van der Waals surface area contributed by atoms with Crippen molar-refractivity contribution in [2.24, 2.45) is 29.1 Å². The van der Waals surface area contributed by atoms with Gasteiger partial charge in [0.2, 0.25) is 0 Å². The third-order valence-electron chi connectivity index (χ3n) is 7.22. The van der Waals surface area contributed by atoms with Crippen molar-refractivity contribution in [1.29, 1.82) is 0 Å². The van der Waals surface area contributed by atoms with E-state index < -0.39 is 11.9 Å². The van der Waals surface area contributed by atoms with Gasteiger partial charge >= 0.3 is 11.9 Å². The molecule has 3 aliphatic rings. The highest BCUT2D eigenvalue weighted by molar-refractivity contribution is 5.75. The molecule has 0 radical (unpaired) electrons. The first-order valence-electron chi connectivity index (χ1n) is 10.00. The molecule has 1 N–H and O–H groups in total. The third kappa shape index (κ3) is 3.68. The fraction of sp³-hybridized carbons (Fsp3) is 0.810. The lowest BCUT2D eigenvalue weighted by Crippen LogP contribution is -2.51. The highest BCUT2D eigenvalue weighted by Crippen LogP contribution is 2.61. The van der Waals surface area contributed by atoms with E-state index in [1.807, 2.05) is 6.08 Å². The van der Waals surface area contributed by atoms with E-state index in [-0.39, 0.29) is 36.1 Å². The lowest BCUT2D eigenvalue weighted by atomic mass is 9.54. The molecule has 26 heavy (non-hydrogen) atoms. The molecule has 7 atom stereocenters. The third-order valence-corrected chi connectivity index (χ3v) is 7.22. The molecule has 0 saturated heterocycles. The second-order valence-electron chi connectivity index (χ2n) is 8.67. The van der Waals surface area contributed by atoms with Crippen LogP contribution in [0.2, 0.25) is 0 Å². The molecule has 3 rings (SSSR count). The fourth-order valence-electron chi connectivity index (χ4n) is 5.97. The second kappa shape index (κ2) is 7.71. The molecule has 3 fully saturated rings. The molecule has 146 valence electrons. The van der Waals surface area contributed by atoms with Gasteiger partial charge in [0.15, 0.2) is 6.61 Å². The molecular formula is C21H32O5. The molecule has 0 aliphatic heterocycles. The number of allylic oxidation sites excluding steroid dienone is 1. The Morgan fingerprint density at radius 2 is 1.92 bits per heavy atom. The summed E-state index contributed by atoms with van der Waals surface area (Å²) < 4.78 is 10.7. The van der Waals surface area contributed by atoms with Crippen LogP contribution in [0.25, 0.3) is 0 Å². The Morgan fingerprint density at radius 1 is 1.23 bits per heavy atom. The molecule has 0 heterocycles. The topological polar surface area (TPSA) is 72.8 Å². The van der Waals surface area contributed by atoms with Gasteiger partial charge in [-0.15, -0.1) is 6.58 Å². The maximum atomic E-state index is 12.3. The number of aliphatic hydroxyl groups is 1. The van der Waals surface area contributed by atoms with Crippen molar-refractivity contribution in [3.8, 4) is 0 Å². The van der Waals surface area contributed by atoms with Crippen molar-refractivity contribution in [1.82, 2.24) is 0 Å². The van der Waals surface area contributed by atoms with E-state index in [2.05, 4.69) is 13.5 Å². The summed E-state index contributed by atoms with van der Waals surface area (Å²) in [6.45, 7) is 7.14. The quantitative estimate of drug-likeness (QED) is 0.612. The maximum Gasteiger partial charge on any atom is 0.344 e. The highest BCUT2D eigenvalue weighted by Gasteiger charge is 2.57. The van der Waals surface area contributed by atoms with Crippen molar-refractivity contribution in [3.63, 3.8) is 0 Å². The lowest BCUT2D eigenvalue weighted by Gasteiger charge is -2.52. The number of carbonyl (C=O) groups is 2. The van der Waals surface area contributed by atoms with Crippen molar-refractivity contribution >= 4 is 11.9 Å². The average Bonchev–Trinajstić information content (AvgIpc) is 2.92. The van der Waals surface area contributed by atoms with Crippen LogP contribution in [0.15, 0.2) is 12.7 Å². The summed E-state index contributed by atoms with van der Waals surface area (Å²) in [4.78, 5) is 23.2. The van der Waals surface area contributed by atoms with Crippen molar-refractivity contribution < 1.29 is 24.2 Å². The van der Waals surface area contributed by atoms with Crippen LogP contribution in [0.1, 0.15) is 58.8 Å². The summed E-state index contributed by atoms with van der Waals surface area (Å²) in [5.74, 6) is 0.0824. The molecule has 1 unspecified atom stereocenters. The summed E-state index contributed by atoms with van der Waals surface area (Å²) in [5.41, 5.74) is 0.179. The van der Waals surface area contributed by atoms with E-state index in [0.717, 1.165) is 44.9 Å². The van der Waals surface area contributed by atoms with Gasteiger partial charge in [-0.05, 0) is 68.1 Å². The maximum absolute atomic E-state index is 12.3.